The van der Waals surface area contributed by atoms with Crippen molar-refractivity contribution in [2.75, 3.05) is 18.8 Å². The van der Waals surface area contributed by atoms with Gasteiger partial charge in [0, 0.05) is 5.69 Å². The van der Waals surface area contributed by atoms with E-state index in [1.807, 2.05) is 6.92 Å². The zero-order valence-electron chi connectivity index (χ0n) is 10.4. The van der Waals surface area contributed by atoms with Crippen LogP contribution in [0.15, 0.2) is 18.2 Å². The second kappa shape index (κ2) is 4.86. The molecule has 4 N–H and O–H groups in total. The van der Waals surface area contributed by atoms with Crippen LogP contribution >= 0.6 is 0 Å². The Labute approximate surface area is 106 Å². The third kappa shape index (κ3) is 2.73. The van der Waals surface area contributed by atoms with Crippen LogP contribution < -0.4 is 15.8 Å². The number of hydrogen-bond acceptors (Lipinski definition) is 4. The average Bonchev–Trinajstić information content (AvgIpc) is 2.32. The number of carboxylic acids is 1. The summed E-state index contributed by atoms with van der Waals surface area (Å²) < 4.78 is 5.91. The number of piperidine rings is 1. The molecule has 0 saturated carbocycles. The third-order valence-corrected chi connectivity index (χ3v) is 3.25. The maximum Gasteiger partial charge on any atom is 0.339 e. The molecule has 1 aromatic carbocycles. The molecular weight excluding hydrogens is 232 g/mol. The predicted molar refractivity (Wildman–Crippen MR) is 69.0 cm³/mol. The Morgan fingerprint density at radius 3 is 2.72 bits per heavy atom. The Morgan fingerprint density at radius 1 is 1.44 bits per heavy atom. The van der Waals surface area contributed by atoms with Gasteiger partial charge in [-0.15, -0.1) is 0 Å². The lowest BCUT2D eigenvalue weighted by Crippen LogP contribution is -2.44. The summed E-state index contributed by atoms with van der Waals surface area (Å²) in [6.07, 6.45) is 1.72. The number of hydrogen-bond donors (Lipinski definition) is 3. The Balaban J connectivity index is 2.25. The lowest BCUT2D eigenvalue weighted by atomic mass is 9.94. The van der Waals surface area contributed by atoms with E-state index in [1.54, 1.807) is 12.1 Å². The first-order valence-electron chi connectivity index (χ1n) is 6.03. The average molecular weight is 250 g/mol. The van der Waals surface area contributed by atoms with Gasteiger partial charge in [0.15, 0.2) is 0 Å². The van der Waals surface area contributed by atoms with Crippen molar-refractivity contribution in [2.24, 2.45) is 0 Å². The van der Waals surface area contributed by atoms with Crippen molar-refractivity contribution in [3.63, 3.8) is 0 Å². The molecule has 1 saturated heterocycles. The van der Waals surface area contributed by atoms with Crippen LogP contribution in [0, 0.1) is 0 Å². The van der Waals surface area contributed by atoms with E-state index in [0.29, 0.717) is 11.4 Å². The molecule has 1 aliphatic rings. The van der Waals surface area contributed by atoms with Crippen LogP contribution in [-0.2, 0) is 0 Å². The third-order valence-electron chi connectivity index (χ3n) is 3.25. The van der Waals surface area contributed by atoms with Crippen molar-refractivity contribution in [2.45, 2.75) is 25.4 Å². The molecule has 98 valence electrons. The van der Waals surface area contributed by atoms with Gasteiger partial charge in [-0.3, -0.25) is 0 Å². The molecule has 0 unspecified atom stereocenters. The summed E-state index contributed by atoms with van der Waals surface area (Å²) in [5, 5.41) is 12.4. The number of nitrogens with one attached hydrogen (secondary N) is 1. The SMILES string of the molecule is CC1(Oc2ccc(N)cc2C(=O)O)CCNCC1. The first-order valence-corrected chi connectivity index (χ1v) is 6.03. The standard InChI is InChI=1S/C13H18N2O3/c1-13(4-6-15-7-5-13)18-11-3-2-9(14)8-10(11)12(16)17/h2-3,8,15H,4-7,14H2,1H3,(H,16,17). The van der Waals surface area contributed by atoms with Crippen LogP contribution in [0.5, 0.6) is 5.75 Å². The molecule has 0 aromatic heterocycles. The summed E-state index contributed by atoms with van der Waals surface area (Å²) >= 11 is 0. The molecule has 5 nitrogen and oxygen atoms in total. The highest BCUT2D eigenvalue weighted by molar-refractivity contribution is 5.92. The fourth-order valence-electron chi connectivity index (χ4n) is 2.13. The van der Waals surface area contributed by atoms with Crippen molar-refractivity contribution in [3.05, 3.63) is 23.8 Å². The molecule has 0 bridgehead atoms. The molecule has 0 aliphatic carbocycles. The molecule has 0 radical (unpaired) electrons. The zero-order valence-corrected chi connectivity index (χ0v) is 10.4. The topological polar surface area (TPSA) is 84.6 Å². The normalized spacial score (nSPS) is 18.3. The number of nitrogen functional groups attached to an aromatic ring is 1. The van der Waals surface area contributed by atoms with Gasteiger partial charge in [0.1, 0.15) is 16.9 Å². The Hall–Kier alpha value is -1.75. The van der Waals surface area contributed by atoms with E-state index in [1.165, 1.54) is 6.07 Å². The molecule has 1 fully saturated rings. The maximum atomic E-state index is 11.2. The summed E-state index contributed by atoms with van der Waals surface area (Å²) in [6.45, 7) is 3.78. The van der Waals surface area contributed by atoms with Crippen molar-refractivity contribution in [3.8, 4) is 5.75 Å². The molecule has 0 atom stereocenters. The van der Waals surface area contributed by atoms with Gasteiger partial charge in [0.2, 0.25) is 0 Å². The highest BCUT2D eigenvalue weighted by Crippen LogP contribution is 2.29. The molecule has 5 heteroatoms. The fraction of sp³-hybridized carbons (Fsp3) is 0.462. The molecule has 18 heavy (non-hydrogen) atoms. The minimum Gasteiger partial charge on any atom is -0.487 e. The van der Waals surface area contributed by atoms with E-state index in [0.717, 1.165) is 25.9 Å². The summed E-state index contributed by atoms with van der Waals surface area (Å²) in [5.41, 5.74) is 5.83. The molecule has 1 aliphatic heterocycles. The lowest BCUT2D eigenvalue weighted by Gasteiger charge is -2.35. The molecule has 1 heterocycles. The summed E-state index contributed by atoms with van der Waals surface area (Å²) in [7, 11) is 0. The zero-order chi connectivity index (χ0) is 13.2. The van der Waals surface area contributed by atoms with E-state index >= 15 is 0 Å². The van der Waals surface area contributed by atoms with Crippen LogP contribution in [0.1, 0.15) is 30.1 Å². The van der Waals surface area contributed by atoms with Gasteiger partial charge >= 0.3 is 5.97 Å². The minimum absolute atomic E-state index is 0.120. The van der Waals surface area contributed by atoms with Gasteiger partial charge in [-0.1, -0.05) is 0 Å². The van der Waals surface area contributed by atoms with Crippen LogP contribution in [0.25, 0.3) is 0 Å². The largest absolute Gasteiger partial charge is 0.487 e. The predicted octanol–water partition coefficient (Wildman–Crippen LogP) is 1.49. The Morgan fingerprint density at radius 2 is 2.11 bits per heavy atom. The van der Waals surface area contributed by atoms with Crippen LogP contribution in [0.2, 0.25) is 0 Å². The summed E-state index contributed by atoms with van der Waals surface area (Å²) in [5.74, 6) is -0.629. The van der Waals surface area contributed by atoms with Crippen LogP contribution in [0.3, 0.4) is 0 Å². The lowest BCUT2D eigenvalue weighted by molar-refractivity contribution is 0.0511. The monoisotopic (exact) mass is 250 g/mol. The Bertz CT molecular complexity index is 454. The van der Waals surface area contributed by atoms with Gasteiger partial charge in [-0.2, -0.15) is 0 Å². The van der Waals surface area contributed by atoms with Gasteiger partial charge < -0.3 is 20.9 Å². The number of ether oxygens (including phenoxy) is 1. The summed E-state index contributed by atoms with van der Waals surface area (Å²) in [6, 6.07) is 4.72. The number of nitrogens with two attached hydrogens (primary N) is 1. The Kier molecular flexibility index (Phi) is 3.43. The van der Waals surface area contributed by atoms with Gasteiger partial charge in [-0.25, -0.2) is 4.79 Å². The number of benzene rings is 1. The van der Waals surface area contributed by atoms with E-state index in [9.17, 15) is 4.79 Å². The molecule has 1 aromatic rings. The van der Waals surface area contributed by atoms with Gasteiger partial charge in [0.25, 0.3) is 0 Å². The van der Waals surface area contributed by atoms with Crippen molar-refractivity contribution < 1.29 is 14.6 Å². The van der Waals surface area contributed by atoms with Gasteiger partial charge in [0.05, 0.1) is 0 Å². The number of rotatable bonds is 3. The van der Waals surface area contributed by atoms with E-state index in [4.69, 9.17) is 15.6 Å². The van der Waals surface area contributed by atoms with Gasteiger partial charge in [-0.05, 0) is 51.1 Å². The highest BCUT2D eigenvalue weighted by Gasteiger charge is 2.30. The fourth-order valence-corrected chi connectivity index (χ4v) is 2.13. The first-order chi connectivity index (χ1) is 8.50. The number of anilines is 1. The van der Waals surface area contributed by atoms with Crippen LogP contribution in [-0.4, -0.2) is 29.8 Å². The highest BCUT2D eigenvalue weighted by atomic mass is 16.5. The first kappa shape index (κ1) is 12.7. The molecular formula is C13H18N2O3. The maximum absolute atomic E-state index is 11.2. The second-order valence-corrected chi connectivity index (χ2v) is 4.86. The number of carboxylic acid groups (broad SMARTS) is 1. The van der Waals surface area contributed by atoms with E-state index < -0.39 is 5.97 Å². The van der Waals surface area contributed by atoms with E-state index in [-0.39, 0.29) is 11.2 Å². The molecule has 2 rings (SSSR count). The smallest absolute Gasteiger partial charge is 0.339 e. The van der Waals surface area contributed by atoms with Crippen LogP contribution in [0.4, 0.5) is 5.69 Å². The van der Waals surface area contributed by atoms with Crippen molar-refractivity contribution in [1.29, 1.82) is 0 Å². The molecule has 0 spiro atoms. The quantitative estimate of drug-likeness (QED) is 0.708. The number of aromatic carboxylic acids is 1. The second-order valence-electron chi connectivity index (χ2n) is 4.86. The number of carbonyl (C=O) groups is 1. The molecule has 0 amide bonds. The minimum atomic E-state index is -1.02. The van der Waals surface area contributed by atoms with Crippen molar-refractivity contribution in [1.82, 2.24) is 5.32 Å². The van der Waals surface area contributed by atoms with E-state index in [2.05, 4.69) is 5.32 Å². The summed E-state index contributed by atoms with van der Waals surface area (Å²) in [4.78, 5) is 11.2. The van der Waals surface area contributed by atoms with Crippen molar-refractivity contribution >= 4 is 11.7 Å².